The van der Waals surface area contributed by atoms with E-state index in [1.54, 1.807) is 11.3 Å². The van der Waals surface area contributed by atoms with Crippen molar-refractivity contribution in [2.24, 2.45) is 0 Å². The van der Waals surface area contributed by atoms with Crippen LogP contribution in [-0.4, -0.2) is 33.9 Å². The Kier molecular flexibility index (Phi) is 6.28. The van der Waals surface area contributed by atoms with Crippen LogP contribution in [0.3, 0.4) is 0 Å². The van der Waals surface area contributed by atoms with E-state index in [0.29, 0.717) is 13.0 Å². The fraction of sp³-hybridized carbons (Fsp3) is 0.348. The third kappa shape index (κ3) is 4.79. The fourth-order valence-electron chi connectivity index (χ4n) is 3.71. The maximum absolute atomic E-state index is 12.9. The van der Waals surface area contributed by atoms with Crippen molar-refractivity contribution < 1.29 is 9.53 Å². The molecule has 1 aliphatic heterocycles. The second-order valence-electron chi connectivity index (χ2n) is 7.46. The molecule has 2 aromatic heterocycles. The number of rotatable bonds is 7. The molecule has 4 rings (SSSR count). The number of benzene rings is 1. The van der Waals surface area contributed by atoms with Gasteiger partial charge in [-0.1, -0.05) is 24.3 Å². The largest absolute Gasteiger partial charge is 0.493 e. The van der Waals surface area contributed by atoms with Gasteiger partial charge in [-0.2, -0.15) is 0 Å². The van der Waals surface area contributed by atoms with E-state index in [1.807, 2.05) is 67.4 Å². The van der Waals surface area contributed by atoms with E-state index in [0.717, 1.165) is 52.2 Å². The van der Waals surface area contributed by atoms with Crippen LogP contribution in [0, 0.1) is 13.8 Å². The zero-order chi connectivity index (χ0) is 20.9. The SMILES string of the molecule is Cc1cnc(Nc2cccc([C@H]3CCCN3C(=O)CCOc3ccccc3C)n2)s1. The molecule has 0 saturated carbocycles. The predicted octanol–water partition coefficient (Wildman–Crippen LogP) is 5.03. The first-order chi connectivity index (χ1) is 14.6. The lowest BCUT2D eigenvalue weighted by Gasteiger charge is -2.25. The maximum Gasteiger partial charge on any atom is 0.226 e. The Bertz CT molecular complexity index is 1020. The summed E-state index contributed by atoms with van der Waals surface area (Å²) in [5.41, 5.74) is 1.99. The van der Waals surface area contributed by atoms with Crippen LogP contribution in [0.4, 0.5) is 10.9 Å². The van der Waals surface area contributed by atoms with Gasteiger partial charge in [-0.05, 0) is 50.5 Å². The number of aryl methyl sites for hydroxylation is 2. The number of carbonyl (C=O) groups excluding carboxylic acids is 1. The number of para-hydroxylation sites is 1. The molecule has 156 valence electrons. The lowest BCUT2D eigenvalue weighted by molar-refractivity contribution is -0.132. The summed E-state index contributed by atoms with van der Waals surface area (Å²) >= 11 is 1.59. The molecule has 7 heteroatoms. The molecule has 1 amide bonds. The van der Waals surface area contributed by atoms with Crippen LogP contribution in [0.15, 0.2) is 48.7 Å². The molecule has 6 nitrogen and oxygen atoms in total. The molecule has 0 spiro atoms. The molecule has 1 aromatic carbocycles. The first-order valence-corrected chi connectivity index (χ1v) is 11.1. The van der Waals surface area contributed by atoms with Crippen LogP contribution in [0.1, 0.15) is 41.4 Å². The normalized spacial score (nSPS) is 15.9. The summed E-state index contributed by atoms with van der Waals surface area (Å²) in [6, 6.07) is 13.8. The third-order valence-electron chi connectivity index (χ3n) is 5.21. The van der Waals surface area contributed by atoms with Crippen molar-refractivity contribution in [3.8, 4) is 5.75 Å². The van der Waals surface area contributed by atoms with Crippen molar-refractivity contribution in [3.63, 3.8) is 0 Å². The van der Waals surface area contributed by atoms with Crippen molar-refractivity contribution in [2.45, 2.75) is 39.2 Å². The average molecular weight is 423 g/mol. The van der Waals surface area contributed by atoms with E-state index < -0.39 is 0 Å². The molecule has 0 unspecified atom stereocenters. The molecular formula is C23H26N4O2S. The van der Waals surface area contributed by atoms with E-state index in [1.165, 1.54) is 0 Å². The Morgan fingerprint density at radius 3 is 2.90 bits per heavy atom. The summed E-state index contributed by atoms with van der Waals surface area (Å²) in [7, 11) is 0. The number of amides is 1. The van der Waals surface area contributed by atoms with Crippen molar-refractivity contribution in [1.82, 2.24) is 14.9 Å². The summed E-state index contributed by atoms with van der Waals surface area (Å²) in [5.74, 6) is 1.70. The molecule has 3 heterocycles. The van der Waals surface area contributed by atoms with E-state index in [9.17, 15) is 4.79 Å². The molecule has 1 atom stereocenters. The fourth-order valence-corrected chi connectivity index (χ4v) is 4.38. The molecule has 30 heavy (non-hydrogen) atoms. The molecule has 0 aliphatic carbocycles. The van der Waals surface area contributed by atoms with Crippen LogP contribution < -0.4 is 10.1 Å². The molecule has 0 bridgehead atoms. The maximum atomic E-state index is 12.9. The quantitative estimate of drug-likeness (QED) is 0.578. The Morgan fingerprint density at radius 2 is 2.10 bits per heavy atom. The molecule has 1 saturated heterocycles. The summed E-state index contributed by atoms with van der Waals surface area (Å²) in [6.07, 6.45) is 4.12. The summed E-state index contributed by atoms with van der Waals surface area (Å²) < 4.78 is 5.82. The van der Waals surface area contributed by atoms with E-state index >= 15 is 0 Å². The van der Waals surface area contributed by atoms with Gasteiger partial charge in [0.05, 0.1) is 24.8 Å². The zero-order valence-electron chi connectivity index (χ0n) is 17.3. The number of pyridine rings is 1. The van der Waals surface area contributed by atoms with Crippen LogP contribution in [0.2, 0.25) is 0 Å². The van der Waals surface area contributed by atoms with Crippen molar-refractivity contribution in [3.05, 3.63) is 64.8 Å². The van der Waals surface area contributed by atoms with Gasteiger partial charge < -0.3 is 15.0 Å². The van der Waals surface area contributed by atoms with Crippen molar-refractivity contribution in [2.75, 3.05) is 18.5 Å². The number of ether oxygens (including phenoxy) is 1. The minimum Gasteiger partial charge on any atom is -0.493 e. The number of nitrogens with zero attached hydrogens (tertiary/aromatic N) is 3. The highest BCUT2D eigenvalue weighted by Gasteiger charge is 2.30. The van der Waals surface area contributed by atoms with Gasteiger partial charge in [0.15, 0.2) is 5.13 Å². The lowest BCUT2D eigenvalue weighted by Crippen LogP contribution is -2.32. The Labute approximate surface area is 180 Å². The molecule has 3 aromatic rings. The van der Waals surface area contributed by atoms with E-state index in [2.05, 4.69) is 10.3 Å². The number of hydrogen-bond donors (Lipinski definition) is 1. The molecule has 1 aliphatic rings. The molecule has 1 N–H and O–H groups in total. The van der Waals surface area contributed by atoms with Crippen LogP contribution >= 0.6 is 11.3 Å². The van der Waals surface area contributed by atoms with Gasteiger partial charge in [0.2, 0.25) is 5.91 Å². The average Bonchev–Trinajstić information content (AvgIpc) is 3.39. The predicted molar refractivity (Wildman–Crippen MR) is 119 cm³/mol. The van der Waals surface area contributed by atoms with E-state index in [-0.39, 0.29) is 11.9 Å². The van der Waals surface area contributed by atoms with Gasteiger partial charge in [-0.25, -0.2) is 9.97 Å². The van der Waals surface area contributed by atoms with Crippen LogP contribution in [0.5, 0.6) is 5.75 Å². The van der Waals surface area contributed by atoms with E-state index in [4.69, 9.17) is 9.72 Å². The molecular weight excluding hydrogens is 396 g/mol. The summed E-state index contributed by atoms with van der Waals surface area (Å²) in [6.45, 7) is 5.18. The van der Waals surface area contributed by atoms with Crippen molar-refractivity contribution in [1.29, 1.82) is 0 Å². The first-order valence-electron chi connectivity index (χ1n) is 10.2. The highest BCUT2D eigenvalue weighted by atomic mass is 32.1. The van der Waals surface area contributed by atoms with Crippen LogP contribution in [0.25, 0.3) is 0 Å². The lowest BCUT2D eigenvalue weighted by atomic mass is 10.1. The van der Waals surface area contributed by atoms with Gasteiger partial charge in [0.1, 0.15) is 11.6 Å². The number of hydrogen-bond acceptors (Lipinski definition) is 6. The summed E-state index contributed by atoms with van der Waals surface area (Å²) in [4.78, 5) is 25.1. The number of likely N-dealkylation sites (tertiary alicyclic amines) is 1. The number of aromatic nitrogens is 2. The second-order valence-corrected chi connectivity index (χ2v) is 8.69. The monoisotopic (exact) mass is 422 g/mol. The minimum atomic E-state index is 0.00995. The van der Waals surface area contributed by atoms with Gasteiger partial charge in [0.25, 0.3) is 0 Å². The Hall–Kier alpha value is -2.93. The number of carbonyl (C=O) groups is 1. The Balaban J connectivity index is 1.38. The summed E-state index contributed by atoms with van der Waals surface area (Å²) in [5, 5.41) is 4.09. The smallest absolute Gasteiger partial charge is 0.226 e. The zero-order valence-corrected chi connectivity index (χ0v) is 18.1. The molecule has 1 fully saturated rings. The number of anilines is 2. The van der Waals surface area contributed by atoms with Gasteiger partial charge in [-0.3, -0.25) is 4.79 Å². The van der Waals surface area contributed by atoms with Crippen molar-refractivity contribution >= 4 is 28.2 Å². The number of thiazole rings is 1. The van der Waals surface area contributed by atoms with Crippen LogP contribution in [-0.2, 0) is 4.79 Å². The third-order valence-corrected chi connectivity index (χ3v) is 6.04. The second kappa shape index (κ2) is 9.26. The standard InChI is InChI=1S/C23H26N4O2S/c1-16-7-3-4-10-20(16)29-14-12-22(28)27-13-6-9-19(27)18-8-5-11-21(25-18)26-23-24-15-17(2)30-23/h3-5,7-8,10-11,15,19H,6,9,12-14H2,1-2H3,(H,24,25,26)/t19-/m1/s1. The first kappa shape index (κ1) is 20.3. The molecule has 0 radical (unpaired) electrons. The Morgan fingerprint density at radius 1 is 1.23 bits per heavy atom. The number of nitrogens with one attached hydrogen (secondary N) is 1. The minimum absolute atomic E-state index is 0.00995. The highest BCUT2D eigenvalue weighted by Crippen LogP contribution is 2.32. The van der Waals surface area contributed by atoms with Gasteiger partial charge >= 0.3 is 0 Å². The topological polar surface area (TPSA) is 67.4 Å². The van der Waals surface area contributed by atoms with Gasteiger partial charge in [0, 0.05) is 17.6 Å². The highest BCUT2D eigenvalue weighted by molar-refractivity contribution is 7.15. The van der Waals surface area contributed by atoms with Gasteiger partial charge in [-0.15, -0.1) is 11.3 Å².